The minimum Gasteiger partial charge on any atom is -0.393 e. The number of aromatic nitrogens is 2. The van der Waals surface area contributed by atoms with Crippen molar-refractivity contribution in [1.82, 2.24) is 9.97 Å². The average molecular weight is 283 g/mol. The van der Waals surface area contributed by atoms with E-state index in [9.17, 15) is 5.11 Å². The number of hydrogen-bond acceptors (Lipinski definition) is 4. The van der Waals surface area contributed by atoms with Gasteiger partial charge in [-0.25, -0.2) is 9.97 Å². The van der Waals surface area contributed by atoms with Crippen LogP contribution in [0.1, 0.15) is 36.8 Å². The van der Waals surface area contributed by atoms with Gasteiger partial charge in [-0.2, -0.15) is 0 Å². The minimum absolute atomic E-state index is 0.128. The molecule has 0 radical (unpaired) electrons. The summed E-state index contributed by atoms with van der Waals surface area (Å²) in [5.41, 5.74) is 2.38. The zero-order valence-electron chi connectivity index (χ0n) is 12.1. The van der Waals surface area contributed by atoms with E-state index in [-0.39, 0.29) is 6.10 Å². The van der Waals surface area contributed by atoms with Crippen LogP contribution in [0.25, 0.3) is 0 Å². The number of nitrogens with zero attached hydrogens (tertiary/aromatic N) is 2. The van der Waals surface area contributed by atoms with E-state index in [1.807, 2.05) is 12.3 Å². The van der Waals surface area contributed by atoms with Gasteiger partial charge in [-0.1, -0.05) is 30.3 Å². The number of aliphatic hydroxyl groups excluding tert-OH is 1. The molecule has 1 aromatic carbocycles. The molecular weight excluding hydrogens is 262 g/mol. The molecule has 2 N–H and O–H groups in total. The summed E-state index contributed by atoms with van der Waals surface area (Å²) in [7, 11) is 0. The summed E-state index contributed by atoms with van der Waals surface area (Å²) in [6.45, 7) is 0. The van der Waals surface area contributed by atoms with Gasteiger partial charge < -0.3 is 10.4 Å². The van der Waals surface area contributed by atoms with Crippen LogP contribution in [0.15, 0.2) is 42.9 Å². The fraction of sp³-hybridized carbons (Fsp3) is 0.412. The molecule has 1 fully saturated rings. The highest BCUT2D eigenvalue weighted by Crippen LogP contribution is 2.23. The molecule has 0 bridgehead atoms. The molecule has 1 aliphatic rings. The third-order valence-electron chi connectivity index (χ3n) is 4.06. The van der Waals surface area contributed by atoms with Crippen LogP contribution in [0.2, 0.25) is 0 Å². The molecule has 0 aliphatic heterocycles. The zero-order chi connectivity index (χ0) is 14.5. The van der Waals surface area contributed by atoms with Crippen molar-refractivity contribution in [2.45, 2.75) is 44.2 Å². The molecule has 1 heterocycles. The van der Waals surface area contributed by atoms with Gasteiger partial charge in [0.05, 0.1) is 6.10 Å². The highest BCUT2D eigenvalue weighted by molar-refractivity contribution is 5.45. The first-order valence-corrected chi connectivity index (χ1v) is 7.58. The van der Waals surface area contributed by atoms with Crippen LogP contribution in [0.4, 0.5) is 5.82 Å². The number of benzene rings is 1. The number of rotatable bonds is 4. The van der Waals surface area contributed by atoms with E-state index >= 15 is 0 Å². The van der Waals surface area contributed by atoms with Crippen molar-refractivity contribution >= 4 is 5.82 Å². The average Bonchev–Trinajstić information content (AvgIpc) is 2.52. The molecule has 21 heavy (non-hydrogen) atoms. The summed E-state index contributed by atoms with van der Waals surface area (Å²) in [6.07, 6.45) is 7.92. The van der Waals surface area contributed by atoms with Crippen molar-refractivity contribution in [3.63, 3.8) is 0 Å². The highest BCUT2D eigenvalue weighted by Gasteiger charge is 2.20. The minimum atomic E-state index is -0.128. The van der Waals surface area contributed by atoms with Crippen LogP contribution in [0.5, 0.6) is 0 Å². The van der Waals surface area contributed by atoms with Gasteiger partial charge in [-0.05, 0) is 31.2 Å². The van der Waals surface area contributed by atoms with Crippen LogP contribution in [0, 0.1) is 0 Å². The Balaban J connectivity index is 1.70. The topological polar surface area (TPSA) is 58.0 Å². The first-order valence-electron chi connectivity index (χ1n) is 7.58. The van der Waals surface area contributed by atoms with Crippen LogP contribution in [0.3, 0.4) is 0 Å². The molecule has 0 atom stereocenters. The van der Waals surface area contributed by atoms with Crippen molar-refractivity contribution in [2.75, 3.05) is 5.32 Å². The number of hydrogen-bond donors (Lipinski definition) is 2. The van der Waals surface area contributed by atoms with Gasteiger partial charge in [0.25, 0.3) is 0 Å². The maximum Gasteiger partial charge on any atom is 0.133 e. The molecule has 3 rings (SSSR count). The van der Waals surface area contributed by atoms with Gasteiger partial charge in [-0.15, -0.1) is 0 Å². The number of nitrogens with one attached hydrogen (secondary N) is 1. The SMILES string of the molecule is OC1CCC(Nc2ncncc2Cc2ccccc2)CC1. The molecule has 0 spiro atoms. The summed E-state index contributed by atoms with van der Waals surface area (Å²) in [6, 6.07) is 10.8. The Labute approximate surface area is 125 Å². The molecule has 1 saturated carbocycles. The second-order valence-corrected chi connectivity index (χ2v) is 5.71. The number of aliphatic hydroxyl groups is 1. The smallest absolute Gasteiger partial charge is 0.133 e. The summed E-state index contributed by atoms with van der Waals surface area (Å²) < 4.78 is 0. The quantitative estimate of drug-likeness (QED) is 0.906. The fourth-order valence-electron chi connectivity index (χ4n) is 2.85. The van der Waals surface area contributed by atoms with Crippen LogP contribution < -0.4 is 5.32 Å². The Morgan fingerprint density at radius 3 is 2.62 bits per heavy atom. The lowest BCUT2D eigenvalue weighted by Crippen LogP contribution is -2.29. The highest BCUT2D eigenvalue weighted by atomic mass is 16.3. The fourth-order valence-corrected chi connectivity index (χ4v) is 2.85. The first kappa shape index (κ1) is 14.0. The Bertz CT molecular complexity index is 565. The van der Waals surface area contributed by atoms with E-state index in [4.69, 9.17) is 0 Å². The van der Waals surface area contributed by atoms with E-state index in [2.05, 4.69) is 39.6 Å². The van der Waals surface area contributed by atoms with Crippen LogP contribution >= 0.6 is 0 Å². The summed E-state index contributed by atoms with van der Waals surface area (Å²) in [4.78, 5) is 8.56. The molecule has 1 aromatic heterocycles. The summed E-state index contributed by atoms with van der Waals surface area (Å²) in [5.74, 6) is 0.926. The third kappa shape index (κ3) is 3.79. The standard InChI is InChI=1S/C17H21N3O/c21-16-8-6-15(7-9-16)20-17-14(11-18-12-19-17)10-13-4-2-1-3-5-13/h1-5,11-12,15-16,21H,6-10H2,(H,18,19,20). The number of anilines is 1. The van der Waals surface area contributed by atoms with Gasteiger partial charge in [0, 0.05) is 24.2 Å². The van der Waals surface area contributed by atoms with E-state index in [1.165, 1.54) is 5.56 Å². The van der Waals surface area contributed by atoms with E-state index in [0.717, 1.165) is 43.5 Å². The largest absolute Gasteiger partial charge is 0.393 e. The van der Waals surface area contributed by atoms with E-state index in [1.54, 1.807) is 6.33 Å². The second-order valence-electron chi connectivity index (χ2n) is 5.71. The molecule has 0 unspecified atom stereocenters. The van der Waals surface area contributed by atoms with Crippen LogP contribution in [-0.4, -0.2) is 27.2 Å². The molecule has 2 aromatic rings. The van der Waals surface area contributed by atoms with E-state index < -0.39 is 0 Å². The predicted molar refractivity (Wildman–Crippen MR) is 83.2 cm³/mol. The van der Waals surface area contributed by atoms with Gasteiger partial charge in [0.15, 0.2) is 0 Å². The van der Waals surface area contributed by atoms with E-state index in [0.29, 0.717) is 6.04 Å². The zero-order valence-corrected chi connectivity index (χ0v) is 12.1. The monoisotopic (exact) mass is 283 g/mol. The van der Waals surface area contributed by atoms with Crippen LogP contribution in [-0.2, 0) is 6.42 Å². The lowest BCUT2D eigenvalue weighted by atomic mass is 9.93. The van der Waals surface area contributed by atoms with Gasteiger partial charge >= 0.3 is 0 Å². The molecular formula is C17H21N3O. The van der Waals surface area contributed by atoms with Crippen molar-refractivity contribution < 1.29 is 5.11 Å². The van der Waals surface area contributed by atoms with Gasteiger partial charge in [0.1, 0.15) is 12.1 Å². The Kier molecular flexibility index (Phi) is 4.46. The maximum absolute atomic E-state index is 9.59. The molecule has 110 valence electrons. The lowest BCUT2D eigenvalue weighted by Gasteiger charge is -2.27. The Morgan fingerprint density at radius 1 is 1.10 bits per heavy atom. The maximum atomic E-state index is 9.59. The van der Waals surface area contributed by atoms with Crippen molar-refractivity contribution in [3.8, 4) is 0 Å². The van der Waals surface area contributed by atoms with Crippen molar-refractivity contribution in [3.05, 3.63) is 54.0 Å². The summed E-state index contributed by atoms with van der Waals surface area (Å²) >= 11 is 0. The Morgan fingerprint density at radius 2 is 1.86 bits per heavy atom. The second kappa shape index (κ2) is 6.68. The van der Waals surface area contributed by atoms with Crippen molar-refractivity contribution in [1.29, 1.82) is 0 Å². The molecule has 1 aliphatic carbocycles. The lowest BCUT2D eigenvalue weighted by molar-refractivity contribution is 0.126. The molecule has 0 saturated heterocycles. The Hall–Kier alpha value is -1.94. The van der Waals surface area contributed by atoms with Gasteiger partial charge in [-0.3, -0.25) is 0 Å². The summed E-state index contributed by atoms with van der Waals surface area (Å²) in [5, 5.41) is 13.1. The first-order chi connectivity index (χ1) is 10.3. The molecule has 0 amide bonds. The van der Waals surface area contributed by atoms with Crippen molar-refractivity contribution in [2.24, 2.45) is 0 Å². The molecule has 4 nitrogen and oxygen atoms in total. The third-order valence-corrected chi connectivity index (χ3v) is 4.06. The van der Waals surface area contributed by atoms with Gasteiger partial charge in [0.2, 0.25) is 0 Å². The normalized spacial score (nSPS) is 22.0. The molecule has 4 heteroatoms. The predicted octanol–water partition coefficient (Wildman–Crippen LogP) is 2.78.